The first-order valence-electron chi connectivity index (χ1n) is 8.68. The first kappa shape index (κ1) is 21.4. The van der Waals surface area contributed by atoms with Crippen molar-refractivity contribution in [3.63, 3.8) is 0 Å². The Morgan fingerprint density at radius 1 is 1.29 bits per heavy atom. The monoisotopic (exact) mass is 401 g/mol. The fourth-order valence-electron chi connectivity index (χ4n) is 2.78. The van der Waals surface area contributed by atoms with Gasteiger partial charge in [0.2, 0.25) is 6.29 Å². The van der Waals surface area contributed by atoms with Gasteiger partial charge in [-0.1, -0.05) is 6.92 Å². The number of likely N-dealkylation sites (tertiary alicyclic amines) is 1. The molecule has 0 saturated carbocycles. The summed E-state index contributed by atoms with van der Waals surface area (Å²) in [5, 5.41) is 9.35. The number of benzene rings is 1. The number of carbonyl (C=O) groups is 3. The molecule has 1 aliphatic heterocycles. The van der Waals surface area contributed by atoms with E-state index in [1.54, 1.807) is 6.92 Å². The summed E-state index contributed by atoms with van der Waals surface area (Å²) in [6.45, 7) is 2.77. The van der Waals surface area contributed by atoms with Crippen LogP contribution in [0.5, 0.6) is 5.75 Å². The Morgan fingerprint density at radius 3 is 2.64 bits per heavy atom. The molecule has 0 spiro atoms. The third kappa shape index (κ3) is 5.54. The van der Waals surface area contributed by atoms with Crippen molar-refractivity contribution in [2.75, 3.05) is 13.2 Å². The quantitative estimate of drug-likeness (QED) is 0.553. The van der Waals surface area contributed by atoms with Crippen LogP contribution in [0.4, 0.5) is 13.6 Å². The molecule has 3 atom stereocenters. The second-order valence-corrected chi connectivity index (χ2v) is 6.29. The zero-order valence-electron chi connectivity index (χ0n) is 15.4. The van der Waals surface area contributed by atoms with Gasteiger partial charge in [0.1, 0.15) is 11.9 Å². The smallest absolute Gasteiger partial charge is 0.413 e. The van der Waals surface area contributed by atoms with E-state index in [0.29, 0.717) is 0 Å². The number of carbonyl (C=O) groups excluding carboxylic acids is 2. The van der Waals surface area contributed by atoms with Gasteiger partial charge in [0, 0.05) is 31.9 Å². The van der Waals surface area contributed by atoms with Crippen molar-refractivity contribution in [1.82, 2.24) is 4.90 Å². The summed E-state index contributed by atoms with van der Waals surface area (Å²) in [5.74, 6) is -3.98. The van der Waals surface area contributed by atoms with Gasteiger partial charge in [0.05, 0.1) is 6.61 Å². The molecule has 10 heteroatoms. The van der Waals surface area contributed by atoms with E-state index < -0.39 is 47.9 Å². The highest BCUT2D eigenvalue weighted by molar-refractivity contribution is 5.81. The highest BCUT2D eigenvalue weighted by Gasteiger charge is 2.41. The Labute approximate surface area is 160 Å². The fourth-order valence-corrected chi connectivity index (χ4v) is 2.78. The van der Waals surface area contributed by atoms with Crippen LogP contribution in [-0.2, 0) is 19.1 Å². The Hall–Kier alpha value is -2.91. The molecule has 1 aromatic carbocycles. The third-order valence-corrected chi connectivity index (χ3v) is 4.13. The fraction of sp³-hybridized carbons (Fsp3) is 0.500. The molecule has 28 heavy (non-hydrogen) atoms. The summed E-state index contributed by atoms with van der Waals surface area (Å²) < 4.78 is 41.8. The molecule has 1 aliphatic rings. The van der Waals surface area contributed by atoms with Crippen molar-refractivity contribution >= 4 is 18.0 Å². The third-order valence-electron chi connectivity index (χ3n) is 4.13. The number of nitrogens with zero attached hydrogens (tertiary/aromatic N) is 1. The predicted octanol–water partition coefficient (Wildman–Crippen LogP) is 2.55. The summed E-state index contributed by atoms with van der Waals surface area (Å²) in [6.07, 6.45) is -1.99. The van der Waals surface area contributed by atoms with E-state index in [4.69, 9.17) is 14.2 Å². The highest BCUT2D eigenvalue weighted by Crippen LogP contribution is 2.27. The van der Waals surface area contributed by atoms with Crippen LogP contribution < -0.4 is 4.74 Å². The maximum atomic E-state index is 13.6. The lowest BCUT2D eigenvalue weighted by Crippen LogP contribution is -2.42. The van der Waals surface area contributed by atoms with Gasteiger partial charge < -0.3 is 19.3 Å². The first-order chi connectivity index (χ1) is 13.2. The van der Waals surface area contributed by atoms with Crippen molar-refractivity contribution in [3.05, 3.63) is 29.8 Å². The molecule has 0 radical (unpaired) electrons. The van der Waals surface area contributed by atoms with E-state index in [9.17, 15) is 28.3 Å². The van der Waals surface area contributed by atoms with Gasteiger partial charge >= 0.3 is 18.0 Å². The maximum absolute atomic E-state index is 13.6. The van der Waals surface area contributed by atoms with Crippen molar-refractivity contribution in [2.24, 2.45) is 5.92 Å². The average Bonchev–Trinajstić information content (AvgIpc) is 3.07. The second-order valence-electron chi connectivity index (χ2n) is 6.29. The zero-order valence-corrected chi connectivity index (χ0v) is 15.4. The molecular formula is C18H21F2NO7. The normalized spacial score (nSPS) is 19.8. The van der Waals surface area contributed by atoms with Crippen LogP contribution in [0.2, 0.25) is 0 Å². The second kappa shape index (κ2) is 9.34. The van der Waals surface area contributed by atoms with Crippen molar-refractivity contribution < 1.29 is 42.5 Å². The molecule has 0 bridgehead atoms. The van der Waals surface area contributed by atoms with Crippen LogP contribution in [0.3, 0.4) is 0 Å². The minimum absolute atomic E-state index is 0.0266. The standard InChI is InChI=1S/C18H21F2NO7/c1-3-16(22)27-10(2)28-18(25)21-8-11(6-14(21)17(23)24)9-26-15-7-12(19)4-5-13(15)20/h4-5,7,10-11,14H,3,6,8-9H2,1-2H3,(H,23,24)/t10-,11+,14+/m1/s1. The largest absolute Gasteiger partial charge is 0.490 e. The SMILES string of the molecule is CCC(=O)O[C@@H](C)OC(=O)N1C[C@@H](COc2cc(F)ccc2F)C[C@H]1C(=O)O. The molecule has 2 rings (SSSR count). The lowest BCUT2D eigenvalue weighted by Gasteiger charge is -2.23. The van der Waals surface area contributed by atoms with Gasteiger partial charge in [-0.05, 0) is 18.6 Å². The van der Waals surface area contributed by atoms with E-state index in [1.165, 1.54) is 6.92 Å². The molecule has 154 valence electrons. The molecule has 1 heterocycles. The average molecular weight is 401 g/mol. The predicted molar refractivity (Wildman–Crippen MR) is 90.4 cm³/mol. The molecule has 1 aromatic rings. The van der Waals surface area contributed by atoms with Crippen molar-refractivity contribution in [2.45, 2.75) is 39.0 Å². The van der Waals surface area contributed by atoms with Crippen molar-refractivity contribution in [3.8, 4) is 5.75 Å². The number of hydrogen-bond donors (Lipinski definition) is 1. The van der Waals surface area contributed by atoms with Crippen LogP contribution in [0.25, 0.3) is 0 Å². The van der Waals surface area contributed by atoms with Crippen LogP contribution in [-0.4, -0.2) is 53.5 Å². The lowest BCUT2D eigenvalue weighted by atomic mass is 10.1. The molecule has 0 unspecified atom stereocenters. The van der Waals surface area contributed by atoms with Crippen LogP contribution in [0, 0.1) is 17.6 Å². The molecule has 1 saturated heterocycles. The van der Waals surface area contributed by atoms with E-state index in [0.717, 1.165) is 23.1 Å². The van der Waals surface area contributed by atoms with E-state index in [1.807, 2.05) is 0 Å². The van der Waals surface area contributed by atoms with E-state index in [-0.39, 0.29) is 31.7 Å². The number of carboxylic acids is 1. The summed E-state index contributed by atoms with van der Waals surface area (Å²) in [7, 11) is 0. The van der Waals surface area contributed by atoms with Crippen LogP contribution in [0.15, 0.2) is 18.2 Å². The minimum atomic E-state index is -1.24. The zero-order chi connectivity index (χ0) is 20.8. The van der Waals surface area contributed by atoms with Gasteiger partial charge in [-0.15, -0.1) is 0 Å². The van der Waals surface area contributed by atoms with Gasteiger partial charge in [0.15, 0.2) is 11.6 Å². The number of carboxylic acid groups (broad SMARTS) is 1. The summed E-state index contributed by atoms with van der Waals surface area (Å²) in [6, 6.07) is 1.58. The molecule has 1 fully saturated rings. The number of amides is 1. The van der Waals surface area contributed by atoms with E-state index in [2.05, 4.69) is 0 Å². The van der Waals surface area contributed by atoms with Crippen LogP contribution >= 0.6 is 0 Å². The topological polar surface area (TPSA) is 102 Å². The summed E-state index contributed by atoms with van der Waals surface area (Å²) in [4.78, 5) is 35.9. The molecule has 0 aliphatic carbocycles. The van der Waals surface area contributed by atoms with Gasteiger partial charge in [-0.3, -0.25) is 9.69 Å². The number of rotatable bonds is 7. The Morgan fingerprint density at radius 2 is 2.00 bits per heavy atom. The van der Waals surface area contributed by atoms with Gasteiger partial charge in [-0.2, -0.15) is 0 Å². The van der Waals surface area contributed by atoms with Crippen LogP contribution in [0.1, 0.15) is 26.7 Å². The number of esters is 1. The first-order valence-corrected chi connectivity index (χ1v) is 8.68. The minimum Gasteiger partial charge on any atom is -0.490 e. The number of halogens is 2. The Bertz CT molecular complexity index is 743. The molecule has 8 nitrogen and oxygen atoms in total. The van der Waals surface area contributed by atoms with Gasteiger partial charge in [0.25, 0.3) is 0 Å². The number of hydrogen-bond acceptors (Lipinski definition) is 6. The molecule has 1 N–H and O–H groups in total. The number of aliphatic carboxylic acids is 1. The summed E-state index contributed by atoms with van der Waals surface area (Å²) in [5.41, 5.74) is 0. The number of ether oxygens (including phenoxy) is 3. The highest BCUT2D eigenvalue weighted by atomic mass is 19.1. The molecule has 1 amide bonds. The maximum Gasteiger partial charge on any atom is 0.413 e. The van der Waals surface area contributed by atoms with Gasteiger partial charge in [-0.25, -0.2) is 18.4 Å². The Kier molecular flexibility index (Phi) is 7.13. The van der Waals surface area contributed by atoms with E-state index >= 15 is 0 Å². The summed E-state index contributed by atoms with van der Waals surface area (Å²) >= 11 is 0. The Balaban J connectivity index is 1.97. The molecular weight excluding hydrogens is 380 g/mol. The lowest BCUT2D eigenvalue weighted by molar-refractivity contribution is -0.166. The van der Waals surface area contributed by atoms with Crippen molar-refractivity contribution in [1.29, 1.82) is 0 Å². The molecule has 0 aromatic heterocycles.